The molecular formula is C26H15IO4. The van der Waals surface area contributed by atoms with Crippen LogP contribution in [-0.2, 0) is 15.1 Å². The molecule has 2 heterocycles. The van der Waals surface area contributed by atoms with Crippen molar-refractivity contribution in [3.8, 4) is 5.75 Å². The van der Waals surface area contributed by atoms with Crippen LogP contribution in [0.1, 0.15) is 27.0 Å². The predicted molar refractivity (Wildman–Crippen MR) is 123 cm³/mol. The first-order valence-corrected chi connectivity index (χ1v) is 11.0. The quantitative estimate of drug-likeness (QED) is 0.326. The molecule has 2 aliphatic heterocycles. The lowest BCUT2D eigenvalue weighted by atomic mass is 9.68. The van der Waals surface area contributed by atoms with Crippen molar-refractivity contribution < 1.29 is 19.1 Å². The molecule has 3 aromatic carbocycles. The Morgan fingerprint density at radius 3 is 2.32 bits per heavy atom. The number of esters is 1. The van der Waals surface area contributed by atoms with Gasteiger partial charge in [0.15, 0.2) is 11.4 Å². The Labute approximate surface area is 192 Å². The third kappa shape index (κ3) is 2.53. The minimum atomic E-state index is -1.26. The number of Topliss-reactive ketones (excluding diaryl/α,β-unsaturated/α-hetero) is 1. The van der Waals surface area contributed by atoms with E-state index < -0.39 is 17.5 Å². The van der Waals surface area contributed by atoms with Crippen LogP contribution in [0.25, 0.3) is 5.57 Å². The lowest BCUT2D eigenvalue weighted by molar-refractivity contribution is -0.124. The number of halogens is 1. The van der Waals surface area contributed by atoms with E-state index in [1.54, 1.807) is 18.2 Å². The van der Waals surface area contributed by atoms with E-state index in [0.29, 0.717) is 33.8 Å². The number of carbonyl (C=O) groups excluding carboxylic acids is 2. The van der Waals surface area contributed by atoms with Crippen LogP contribution in [0.4, 0.5) is 0 Å². The molecule has 1 aliphatic carbocycles. The Morgan fingerprint density at radius 1 is 0.806 bits per heavy atom. The minimum absolute atomic E-state index is 0.127. The number of para-hydroxylation sites is 1. The minimum Gasteiger partial charge on any atom is -0.460 e. The summed E-state index contributed by atoms with van der Waals surface area (Å²) < 4.78 is 13.4. The van der Waals surface area contributed by atoms with Gasteiger partial charge in [0.05, 0.1) is 5.56 Å². The van der Waals surface area contributed by atoms with E-state index >= 15 is 0 Å². The molecule has 2 atom stereocenters. The Morgan fingerprint density at radius 2 is 1.52 bits per heavy atom. The van der Waals surface area contributed by atoms with E-state index in [4.69, 9.17) is 9.47 Å². The van der Waals surface area contributed by atoms with Gasteiger partial charge >= 0.3 is 5.97 Å². The van der Waals surface area contributed by atoms with Crippen molar-refractivity contribution in [1.82, 2.24) is 0 Å². The number of benzene rings is 3. The van der Waals surface area contributed by atoms with Gasteiger partial charge in [-0.25, -0.2) is 4.79 Å². The van der Waals surface area contributed by atoms with Gasteiger partial charge in [-0.2, -0.15) is 0 Å². The molecule has 31 heavy (non-hydrogen) atoms. The summed E-state index contributed by atoms with van der Waals surface area (Å²) in [7, 11) is 0. The van der Waals surface area contributed by atoms with Gasteiger partial charge in [0.2, 0.25) is 0 Å². The van der Waals surface area contributed by atoms with Crippen molar-refractivity contribution in [3.63, 3.8) is 0 Å². The van der Waals surface area contributed by atoms with Gasteiger partial charge in [0, 0.05) is 20.3 Å². The Balaban J connectivity index is 1.61. The zero-order chi connectivity index (χ0) is 21.2. The Kier molecular flexibility index (Phi) is 3.99. The molecule has 0 saturated heterocycles. The summed E-state index contributed by atoms with van der Waals surface area (Å²) in [5, 5.41) is 0. The van der Waals surface area contributed by atoms with Crippen molar-refractivity contribution in [1.29, 1.82) is 0 Å². The number of rotatable bonds is 1. The molecule has 6 rings (SSSR count). The van der Waals surface area contributed by atoms with Crippen LogP contribution >= 0.6 is 22.6 Å². The summed E-state index contributed by atoms with van der Waals surface area (Å²) in [5.74, 6) is -0.271. The summed E-state index contributed by atoms with van der Waals surface area (Å²) in [5.41, 5.74) is 2.02. The third-order valence-corrected chi connectivity index (χ3v) is 6.82. The number of hydrogen-bond acceptors (Lipinski definition) is 4. The zero-order valence-corrected chi connectivity index (χ0v) is 18.3. The number of carbonyl (C=O) groups is 2. The molecule has 5 heteroatoms. The van der Waals surface area contributed by atoms with E-state index in [1.807, 2.05) is 66.7 Å². The fourth-order valence-corrected chi connectivity index (χ4v) is 5.13. The molecular weight excluding hydrogens is 503 g/mol. The summed E-state index contributed by atoms with van der Waals surface area (Å²) in [6.07, 6.45) is 3.62. The van der Waals surface area contributed by atoms with Crippen LogP contribution in [0.2, 0.25) is 0 Å². The Bertz CT molecular complexity index is 1340. The summed E-state index contributed by atoms with van der Waals surface area (Å²) in [4.78, 5) is 26.9. The summed E-state index contributed by atoms with van der Waals surface area (Å²) >= 11 is 2.24. The van der Waals surface area contributed by atoms with Gasteiger partial charge < -0.3 is 9.47 Å². The summed E-state index contributed by atoms with van der Waals surface area (Å²) in [6, 6.07) is 22.5. The third-order valence-electron chi connectivity index (χ3n) is 6.10. The van der Waals surface area contributed by atoms with Gasteiger partial charge in [-0.3, -0.25) is 4.79 Å². The highest BCUT2D eigenvalue weighted by molar-refractivity contribution is 14.1. The Hall–Kier alpha value is -3.19. The molecule has 0 radical (unpaired) electrons. The molecule has 1 spiro atoms. The first-order chi connectivity index (χ1) is 15.1. The molecule has 0 aromatic heterocycles. The lowest BCUT2D eigenvalue weighted by Gasteiger charge is -2.43. The average molecular weight is 518 g/mol. The van der Waals surface area contributed by atoms with Gasteiger partial charge in [-0.05, 0) is 64.6 Å². The van der Waals surface area contributed by atoms with Crippen molar-refractivity contribution in [2.45, 2.75) is 5.60 Å². The second kappa shape index (κ2) is 6.65. The number of hydrogen-bond donors (Lipinski definition) is 0. The zero-order valence-electron chi connectivity index (χ0n) is 16.2. The van der Waals surface area contributed by atoms with Gasteiger partial charge in [0.1, 0.15) is 17.4 Å². The van der Waals surface area contributed by atoms with Crippen LogP contribution in [-0.4, -0.2) is 11.8 Å². The molecule has 0 bridgehead atoms. The lowest BCUT2D eigenvalue weighted by Crippen LogP contribution is -2.47. The van der Waals surface area contributed by atoms with Gasteiger partial charge in [0.25, 0.3) is 0 Å². The molecule has 0 N–H and O–H groups in total. The van der Waals surface area contributed by atoms with Crippen LogP contribution in [0.5, 0.6) is 5.75 Å². The number of ether oxygens (including phenoxy) is 2. The second-order valence-electron chi connectivity index (χ2n) is 7.72. The van der Waals surface area contributed by atoms with E-state index in [2.05, 4.69) is 22.6 Å². The van der Waals surface area contributed by atoms with Gasteiger partial charge in [-0.1, -0.05) is 48.5 Å². The molecule has 0 amide bonds. The summed E-state index contributed by atoms with van der Waals surface area (Å²) in [6.45, 7) is 0. The molecule has 2 unspecified atom stereocenters. The van der Waals surface area contributed by atoms with Crippen LogP contribution < -0.4 is 4.74 Å². The molecule has 3 aromatic rings. The largest absolute Gasteiger partial charge is 0.460 e. The molecule has 3 aliphatic rings. The monoisotopic (exact) mass is 518 g/mol. The van der Waals surface area contributed by atoms with Crippen molar-refractivity contribution >= 4 is 39.9 Å². The topological polar surface area (TPSA) is 52.6 Å². The standard InChI is InChI=1S/C26H15IO4/c27-16-11-9-15(10-12-16)17-13-14-22-23(24(17)28)26(20-7-3-4-8-21(20)30-22)19-6-2-1-5-18(19)25(29)31-26/h1-14,23H. The van der Waals surface area contributed by atoms with Crippen LogP contribution in [0, 0.1) is 9.49 Å². The molecule has 4 nitrogen and oxygen atoms in total. The normalized spacial score (nSPS) is 23.2. The van der Waals surface area contributed by atoms with E-state index in [1.165, 1.54) is 0 Å². The van der Waals surface area contributed by atoms with Crippen molar-refractivity contribution in [3.05, 3.63) is 117 Å². The number of ketones is 1. The van der Waals surface area contributed by atoms with E-state index in [-0.39, 0.29) is 5.78 Å². The van der Waals surface area contributed by atoms with Crippen LogP contribution in [0.3, 0.4) is 0 Å². The molecule has 150 valence electrons. The van der Waals surface area contributed by atoms with Crippen molar-refractivity contribution in [2.24, 2.45) is 5.92 Å². The van der Waals surface area contributed by atoms with E-state index in [0.717, 1.165) is 9.13 Å². The van der Waals surface area contributed by atoms with E-state index in [9.17, 15) is 9.59 Å². The fourth-order valence-electron chi connectivity index (χ4n) is 4.77. The maximum Gasteiger partial charge on any atom is 0.339 e. The highest BCUT2D eigenvalue weighted by Gasteiger charge is 2.61. The molecule has 0 saturated carbocycles. The highest BCUT2D eigenvalue weighted by Crippen LogP contribution is 2.57. The average Bonchev–Trinajstić information content (AvgIpc) is 3.08. The molecule has 0 fully saturated rings. The van der Waals surface area contributed by atoms with Crippen LogP contribution in [0.15, 0.2) is 90.7 Å². The first-order valence-electron chi connectivity index (χ1n) is 9.92. The van der Waals surface area contributed by atoms with Crippen molar-refractivity contribution in [2.75, 3.05) is 0 Å². The predicted octanol–water partition coefficient (Wildman–Crippen LogP) is 5.26. The number of fused-ring (bicyclic) bond motifs is 6. The maximum atomic E-state index is 14.0. The smallest absolute Gasteiger partial charge is 0.339 e. The highest BCUT2D eigenvalue weighted by atomic mass is 127. The number of allylic oxidation sites excluding steroid dienone is 3. The first kappa shape index (κ1) is 18.6. The van der Waals surface area contributed by atoms with Gasteiger partial charge in [-0.15, -0.1) is 0 Å². The fraction of sp³-hybridized carbons (Fsp3) is 0.0769. The SMILES string of the molecule is O=C1OC2(c3ccccc3OC3=CC=C(c4ccc(I)cc4)C(=O)C32)c2ccccc21. The maximum absolute atomic E-state index is 14.0. The second-order valence-corrected chi connectivity index (χ2v) is 8.97.